The Morgan fingerprint density at radius 3 is 2.11 bits per heavy atom. The van der Waals surface area contributed by atoms with Gasteiger partial charge in [0.1, 0.15) is 5.75 Å². The highest BCUT2D eigenvalue weighted by molar-refractivity contribution is 7.54. The van der Waals surface area contributed by atoms with Crippen LogP contribution in [0, 0.1) is 0 Å². The summed E-state index contributed by atoms with van der Waals surface area (Å²) in [5, 5.41) is 9.68. The van der Waals surface area contributed by atoms with Crippen LogP contribution in [0.25, 0.3) is 0 Å². The minimum atomic E-state index is -3.10. The number of aliphatic hydroxyl groups excluding tert-OH is 1. The molecular weight excluding hydrogens is 251 g/mol. The van der Waals surface area contributed by atoms with E-state index in [1.807, 2.05) is 6.07 Å². The molecule has 0 fully saturated rings. The molecule has 0 aliphatic rings. The first kappa shape index (κ1) is 15.2. The van der Waals surface area contributed by atoms with Crippen molar-refractivity contribution in [1.82, 2.24) is 9.34 Å². The average molecular weight is 272 g/mol. The van der Waals surface area contributed by atoms with Crippen LogP contribution in [-0.2, 0) is 4.57 Å². The standard InChI is InChI=1S/C12H21N2O3P/c1-10(15)11-8-6-7-9-12(11)17-18(16,13(2)3)14(4)5/h6-10,15H,1-5H3. The van der Waals surface area contributed by atoms with Gasteiger partial charge in [0.2, 0.25) is 0 Å². The van der Waals surface area contributed by atoms with Crippen LogP contribution in [0.3, 0.4) is 0 Å². The van der Waals surface area contributed by atoms with Crippen LogP contribution in [0.15, 0.2) is 24.3 Å². The fraction of sp³-hybridized carbons (Fsp3) is 0.500. The van der Waals surface area contributed by atoms with Gasteiger partial charge in [0.25, 0.3) is 0 Å². The first-order valence-electron chi connectivity index (χ1n) is 5.71. The molecule has 5 nitrogen and oxygen atoms in total. The summed E-state index contributed by atoms with van der Waals surface area (Å²) in [7, 11) is 3.70. The smallest absolute Gasteiger partial charge is 0.394 e. The third kappa shape index (κ3) is 3.12. The van der Waals surface area contributed by atoms with Gasteiger partial charge in [-0.1, -0.05) is 18.2 Å². The lowest BCUT2D eigenvalue weighted by Gasteiger charge is -2.30. The summed E-state index contributed by atoms with van der Waals surface area (Å²) in [6, 6.07) is 7.07. The summed E-state index contributed by atoms with van der Waals surface area (Å²) in [6.45, 7) is 1.65. The molecule has 0 aliphatic heterocycles. The zero-order chi connectivity index (χ0) is 13.9. The zero-order valence-corrected chi connectivity index (χ0v) is 12.4. The molecule has 0 heterocycles. The maximum Gasteiger partial charge on any atom is 0.394 e. The minimum absolute atomic E-state index is 0.443. The van der Waals surface area contributed by atoms with Crippen molar-refractivity contribution < 1.29 is 14.2 Å². The van der Waals surface area contributed by atoms with Crippen molar-refractivity contribution in [2.75, 3.05) is 28.2 Å². The van der Waals surface area contributed by atoms with Crippen LogP contribution in [0.2, 0.25) is 0 Å². The van der Waals surface area contributed by atoms with Crippen molar-refractivity contribution in [3.8, 4) is 5.75 Å². The maximum atomic E-state index is 12.7. The fourth-order valence-electron chi connectivity index (χ4n) is 1.56. The monoisotopic (exact) mass is 272 g/mol. The molecule has 1 atom stereocenters. The zero-order valence-electron chi connectivity index (χ0n) is 11.5. The van der Waals surface area contributed by atoms with Gasteiger partial charge in [0.15, 0.2) is 0 Å². The van der Waals surface area contributed by atoms with Gasteiger partial charge in [-0.3, -0.25) is 0 Å². The van der Waals surface area contributed by atoms with E-state index < -0.39 is 13.8 Å². The van der Waals surface area contributed by atoms with E-state index >= 15 is 0 Å². The van der Waals surface area contributed by atoms with E-state index in [0.29, 0.717) is 11.3 Å². The Morgan fingerprint density at radius 2 is 1.67 bits per heavy atom. The molecule has 0 saturated heterocycles. The SMILES string of the molecule is CC(O)c1ccccc1OP(=O)(N(C)C)N(C)C. The number of para-hydroxylation sites is 1. The van der Waals surface area contributed by atoms with Crippen molar-refractivity contribution >= 4 is 7.67 Å². The Morgan fingerprint density at radius 1 is 1.17 bits per heavy atom. The molecule has 1 aromatic carbocycles. The highest BCUT2D eigenvalue weighted by atomic mass is 31.2. The van der Waals surface area contributed by atoms with Crippen LogP contribution < -0.4 is 4.52 Å². The molecule has 18 heavy (non-hydrogen) atoms. The number of hydrogen-bond donors (Lipinski definition) is 1. The molecule has 6 heteroatoms. The van der Waals surface area contributed by atoms with Crippen LogP contribution >= 0.6 is 7.67 Å². The van der Waals surface area contributed by atoms with Gasteiger partial charge in [-0.2, -0.15) is 0 Å². The van der Waals surface area contributed by atoms with Crippen LogP contribution in [0.1, 0.15) is 18.6 Å². The first-order chi connectivity index (χ1) is 8.29. The van der Waals surface area contributed by atoms with Gasteiger partial charge in [0.05, 0.1) is 6.10 Å². The quantitative estimate of drug-likeness (QED) is 0.834. The third-order valence-corrected chi connectivity index (χ3v) is 5.05. The van der Waals surface area contributed by atoms with Crippen molar-refractivity contribution in [2.45, 2.75) is 13.0 Å². The van der Waals surface area contributed by atoms with Gasteiger partial charge in [0, 0.05) is 5.56 Å². The summed E-state index contributed by atoms with van der Waals surface area (Å²) >= 11 is 0. The van der Waals surface area contributed by atoms with Crippen LogP contribution in [0.4, 0.5) is 0 Å². The minimum Gasteiger partial charge on any atom is -0.421 e. The van der Waals surface area contributed by atoms with E-state index in [4.69, 9.17) is 4.52 Å². The van der Waals surface area contributed by atoms with Crippen molar-refractivity contribution in [1.29, 1.82) is 0 Å². The van der Waals surface area contributed by atoms with Crippen LogP contribution in [0.5, 0.6) is 5.75 Å². The van der Waals surface area contributed by atoms with E-state index in [2.05, 4.69) is 0 Å². The molecule has 0 aromatic heterocycles. The summed E-state index contributed by atoms with van der Waals surface area (Å²) in [5.41, 5.74) is 0.626. The number of hydrogen-bond acceptors (Lipinski definition) is 3. The summed E-state index contributed by atoms with van der Waals surface area (Å²) in [4.78, 5) is 0. The Bertz CT molecular complexity index is 435. The van der Waals surface area contributed by atoms with Gasteiger partial charge < -0.3 is 9.63 Å². The number of rotatable bonds is 5. The molecule has 1 aromatic rings. The van der Waals surface area contributed by atoms with Crippen molar-refractivity contribution in [2.24, 2.45) is 0 Å². The molecule has 102 valence electrons. The second kappa shape index (κ2) is 5.85. The molecule has 0 radical (unpaired) electrons. The van der Waals surface area contributed by atoms with E-state index in [1.165, 1.54) is 0 Å². The van der Waals surface area contributed by atoms with E-state index in [0.717, 1.165) is 0 Å². The van der Waals surface area contributed by atoms with Crippen molar-refractivity contribution in [3.63, 3.8) is 0 Å². The Labute approximate surface area is 109 Å². The lowest BCUT2D eigenvalue weighted by atomic mass is 10.1. The second-order valence-corrected chi connectivity index (χ2v) is 7.25. The van der Waals surface area contributed by atoms with E-state index in [-0.39, 0.29) is 0 Å². The summed E-state index contributed by atoms with van der Waals surface area (Å²) in [5.74, 6) is 0.443. The van der Waals surface area contributed by atoms with Gasteiger partial charge >= 0.3 is 7.67 Å². The van der Waals surface area contributed by atoms with E-state index in [1.54, 1.807) is 62.7 Å². The number of nitrogens with zero attached hydrogens (tertiary/aromatic N) is 2. The first-order valence-corrected chi connectivity index (χ1v) is 7.24. The highest BCUT2D eigenvalue weighted by Crippen LogP contribution is 2.51. The fourth-order valence-corrected chi connectivity index (χ4v) is 3.02. The molecule has 0 amide bonds. The molecule has 0 spiro atoms. The normalized spacial score (nSPS) is 14.0. The van der Waals surface area contributed by atoms with Crippen LogP contribution in [-0.4, -0.2) is 42.6 Å². The summed E-state index contributed by atoms with van der Waals surface area (Å²) in [6.07, 6.45) is -0.668. The molecule has 0 aliphatic carbocycles. The number of benzene rings is 1. The molecule has 1 N–H and O–H groups in total. The average Bonchev–Trinajstić information content (AvgIpc) is 2.28. The second-order valence-electron chi connectivity index (χ2n) is 4.49. The highest BCUT2D eigenvalue weighted by Gasteiger charge is 2.32. The molecule has 0 saturated carbocycles. The molecular formula is C12H21N2O3P. The lowest BCUT2D eigenvalue weighted by molar-refractivity contribution is 0.196. The Kier molecular flexibility index (Phi) is 4.93. The molecule has 1 unspecified atom stereocenters. The van der Waals surface area contributed by atoms with Gasteiger partial charge in [-0.15, -0.1) is 0 Å². The summed E-state index contributed by atoms with van der Waals surface area (Å²) < 4.78 is 21.5. The van der Waals surface area contributed by atoms with Gasteiger partial charge in [-0.25, -0.2) is 13.9 Å². The topological polar surface area (TPSA) is 53.0 Å². The maximum absolute atomic E-state index is 12.7. The Hall–Kier alpha value is -0.870. The predicted molar refractivity (Wildman–Crippen MR) is 72.7 cm³/mol. The van der Waals surface area contributed by atoms with E-state index in [9.17, 15) is 9.67 Å². The van der Waals surface area contributed by atoms with Crippen molar-refractivity contribution in [3.05, 3.63) is 29.8 Å². The lowest BCUT2D eigenvalue weighted by Crippen LogP contribution is -2.24. The third-order valence-electron chi connectivity index (χ3n) is 2.60. The predicted octanol–water partition coefficient (Wildman–Crippen LogP) is 2.35. The largest absolute Gasteiger partial charge is 0.421 e. The van der Waals surface area contributed by atoms with Gasteiger partial charge in [-0.05, 0) is 41.2 Å². The molecule has 1 rings (SSSR count). The molecule has 0 bridgehead atoms. The number of aliphatic hydroxyl groups is 1. The Balaban J connectivity index is 3.14.